The zero-order valence-corrected chi connectivity index (χ0v) is 11.2. The van der Waals surface area contributed by atoms with Gasteiger partial charge in [0, 0.05) is 18.4 Å². The molecule has 17 heavy (non-hydrogen) atoms. The summed E-state index contributed by atoms with van der Waals surface area (Å²) in [5, 5.41) is 3.48. The van der Waals surface area contributed by atoms with Crippen LogP contribution in [0.3, 0.4) is 0 Å². The minimum atomic E-state index is 0.505. The number of hydrogen-bond donors (Lipinski definition) is 1. The second-order valence-electron chi connectivity index (χ2n) is 5.37. The molecular formula is C14H25N3. The number of aryl methyl sites for hydroxylation is 1. The maximum atomic E-state index is 4.30. The summed E-state index contributed by atoms with van der Waals surface area (Å²) in [6.45, 7) is 8.03. The van der Waals surface area contributed by atoms with E-state index in [0.717, 1.165) is 13.0 Å². The van der Waals surface area contributed by atoms with Gasteiger partial charge >= 0.3 is 0 Å². The van der Waals surface area contributed by atoms with Crippen LogP contribution in [0.1, 0.15) is 45.2 Å². The van der Waals surface area contributed by atoms with E-state index < -0.39 is 0 Å². The molecule has 1 aromatic rings. The predicted octanol–water partition coefficient (Wildman–Crippen LogP) is 2.62. The van der Waals surface area contributed by atoms with Gasteiger partial charge in [-0.05, 0) is 44.2 Å². The number of hydrogen-bond acceptors (Lipinski definition) is 2. The molecule has 1 aliphatic rings. The molecule has 3 heteroatoms. The first-order valence-corrected chi connectivity index (χ1v) is 6.99. The molecule has 0 radical (unpaired) electrons. The van der Waals surface area contributed by atoms with Gasteiger partial charge < -0.3 is 9.88 Å². The van der Waals surface area contributed by atoms with Gasteiger partial charge in [-0.25, -0.2) is 4.98 Å². The lowest BCUT2D eigenvalue weighted by Gasteiger charge is -2.38. The number of imidazole rings is 1. The Kier molecular flexibility index (Phi) is 4.21. The lowest BCUT2D eigenvalue weighted by atomic mass is 9.75. The topological polar surface area (TPSA) is 29.9 Å². The van der Waals surface area contributed by atoms with Crippen LogP contribution in [0.15, 0.2) is 12.5 Å². The zero-order chi connectivity index (χ0) is 12.1. The minimum Gasteiger partial charge on any atom is -0.334 e. The fourth-order valence-electron chi connectivity index (χ4n) is 3.12. The molecule has 0 spiro atoms. The quantitative estimate of drug-likeness (QED) is 0.850. The molecule has 0 unspecified atom stereocenters. The van der Waals surface area contributed by atoms with Crippen molar-refractivity contribution >= 4 is 0 Å². The molecule has 1 saturated heterocycles. The van der Waals surface area contributed by atoms with E-state index in [1.54, 1.807) is 0 Å². The Labute approximate surface area is 105 Å². The van der Waals surface area contributed by atoms with E-state index in [2.05, 4.69) is 28.7 Å². The smallest absolute Gasteiger partial charge is 0.0948 e. The van der Waals surface area contributed by atoms with Crippen molar-refractivity contribution in [3.05, 3.63) is 18.2 Å². The summed E-state index contributed by atoms with van der Waals surface area (Å²) in [6.07, 6.45) is 10.4. The van der Waals surface area contributed by atoms with E-state index >= 15 is 0 Å². The van der Waals surface area contributed by atoms with E-state index in [1.807, 2.05) is 12.5 Å². The Morgan fingerprint density at radius 2 is 2.12 bits per heavy atom. The van der Waals surface area contributed by atoms with Crippen LogP contribution in [0.4, 0.5) is 0 Å². The largest absolute Gasteiger partial charge is 0.334 e. The minimum absolute atomic E-state index is 0.505. The van der Waals surface area contributed by atoms with Crippen LogP contribution in [0, 0.1) is 5.41 Å². The van der Waals surface area contributed by atoms with Gasteiger partial charge in [0.2, 0.25) is 0 Å². The average molecular weight is 235 g/mol. The van der Waals surface area contributed by atoms with Crippen molar-refractivity contribution in [2.75, 3.05) is 13.1 Å². The molecule has 2 rings (SSSR count). The Morgan fingerprint density at radius 1 is 1.35 bits per heavy atom. The van der Waals surface area contributed by atoms with Gasteiger partial charge in [-0.3, -0.25) is 0 Å². The van der Waals surface area contributed by atoms with E-state index in [0.29, 0.717) is 5.41 Å². The van der Waals surface area contributed by atoms with Crippen molar-refractivity contribution in [3.63, 3.8) is 0 Å². The Balaban J connectivity index is 2.11. The number of aromatic nitrogens is 2. The van der Waals surface area contributed by atoms with Crippen LogP contribution in [0.25, 0.3) is 0 Å². The molecule has 96 valence electrons. The summed E-state index contributed by atoms with van der Waals surface area (Å²) in [6, 6.07) is 0. The maximum Gasteiger partial charge on any atom is 0.0948 e. The fourth-order valence-corrected chi connectivity index (χ4v) is 3.12. The van der Waals surface area contributed by atoms with Gasteiger partial charge in [0.25, 0.3) is 0 Å². The molecule has 0 amide bonds. The third-order valence-corrected chi connectivity index (χ3v) is 4.11. The van der Waals surface area contributed by atoms with Crippen LogP contribution >= 0.6 is 0 Å². The highest BCUT2D eigenvalue weighted by Crippen LogP contribution is 2.36. The van der Waals surface area contributed by atoms with Gasteiger partial charge in [-0.15, -0.1) is 0 Å². The molecule has 3 nitrogen and oxygen atoms in total. The Hall–Kier alpha value is -0.830. The van der Waals surface area contributed by atoms with Crippen LogP contribution in [-0.4, -0.2) is 22.6 Å². The number of piperidine rings is 1. The molecular weight excluding hydrogens is 210 g/mol. The van der Waals surface area contributed by atoms with E-state index in [1.165, 1.54) is 44.5 Å². The van der Waals surface area contributed by atoms with Crippen LogP contribution in [0.2, 0.25) is 0 Å². The lowest BCUT2D eigenvalue weighted by Crippen LogP contribution is -2.39. The number of nitrogens with one attached hydrogen (secondary N) is 1. The standard InChI is InChI=1S/C14H25N3/c1-3-5-14(6-8-15-9-7-14)11-17-12-16-10-13(17)4-2/h10,12,15H,3-9,11H2,1-2H3. The van der Waals surface area contributed by atoms with Gasteiger partial charge in [0.05, 0.1) is 6.33 Å². The van der Waals surface area contributed by atoms with Crippen LogP contribution < -0.4 is 5.32 Å². The first kappa shape index (κ1) is 12.6. The molecule has 0 saturated carbocycles. The van der Waals surface area contributed by atoms with Crippen molar-refractivity contribution < 1.29 is 0 Å². The average Bonchev–Trinajstić information content (AvgIpc) is 2.77. The molecule has 1 fully saturated rings. The second-order valence-corrected chi connectivity index (χ2v) is 5.37. The highest BCUT2D eigenvalue weighted by molar-refractivity contribution is 4.99. The third kappa shape index (κ3) is 2.89. The van der Waals surface area contributed by atoms with Crippen molar-refractivity contribution in [2.24, 2.45) is 5.41 Å². The number of nitrogens with zero attached hydrogens (tertiary/aromatic N) is 2. The summed E-state index contributed by atoms with van der Waals surface area (Å²) in [5.41, 5.74) is 1.88. The SMILES string of the molecule is CCCC1(Cn2cncc2CC)CCNCC1. The molecule has 0 aliphatic carbocycles. The van der Waals surface area contributed by atoms with Crippen LogP contribution in [0.5, 0.6) is 0 Å². The first-order valence-electron chi connectivity index (χ1n) is 6.99. The second kappa shape index (κ2) is 5.67. The predicted molar refractivity (Wildman–Crippen MR) is 71.0 cm³/mol. The summed E-state index contributed by atoms with van der Waals surface area (Å²) in [7, 11) is 0. The summed E-state index contributed by atoms with van der Waals surface area (Å²) < 4.78 is 2.38. The molecule has 2 heterocycles. The van der Waals surface area contributed by atoms with Crippen LogP contribution in [-0.2, 0) is 13.0 Å². The molecule has 0 bridgehead atoms. The monoisotopic (exact) mass is 235 g/mol. The van der Waals surface area contributed by atoms with Crippen molar-refractivity contribution in [1.29, 1.82) is 0 Å². The van der Waals surface area contributed by atoms with Crippen molar-refractivity contribution in [1.82, 2.24) is 14.9 Å². The van der Waals surface area contributed by atoms with Gasteiger partial charge in [0.1, 0.15) is 0 Å². The summed E-state index contributed by atoms with van der Waals surface area (Å²) in [5.74, 6) is 0. The van der Waals surface area contributed by atoms with Crippen molar-refractivity contribution in [3.8, 4) is 0 Å². The molecule has 0 atom stereocenters. The first-order chi connectivity index (χ1) is 8.29. The highest BCUT2D eigenvalue weighted by atomic mass is 15.1. The summed E-state index contributed by atoms with van der Waals surface area (Å²) in [4.78, 5) is 4.30. The van der Waals surface area contributed by atoms with Gasteiger partial charge in [-0.2, -0.15) is 0 Å². The van der Waals surface area contributed by atoms with Gasteiger partial charge in [0.15, 0.2) is 0 Å². The van der Waals surface area contributed by atoms with Crippen molar-refractivity contribution in [2.45, 2.75) is 52.5 Å². The number of rotatable bonds is 5. The normalized spacial score (nSPS) is 19.4. The molecule has 1 aromatic heterocycles. The summed E-state index contributed by atoms with van der Waals surface area (Å²) >= 11 is 0. The fraction of sp³-hybridized carbons (Fsp3) is 0.786. The Morgan fingerprint density at radius 3 is 2.76 bits per heavy atom. The van der Waals surface area contributed by atoms with E-state index in [-0.39, 0.29) is 0 Å². The molecule has 1 aliphatic heterocycles. The molecule has 1 N–H and O–H groups in total. The van der Waals surface area contributed by atoms with E-state index in [4.69, 9.17) is 0 Å². The zero-order valence-electron chi connectivity index (χ0n) is 11.2. The lowest BCUT2D eigenvalue weighted by molar-refractivity contribution is 0.151. The Bertz CT molecular complexity index is 331. The third-order valence-electron chi connectivity index (χ3n) is 4.11. The highest BCUT2D eigenvalue weighted by Gasteiger charge is 2.31. The van der Waals surface area contributed by atoms with Gasteiger partial charge in [-0.1, -0.05) is 20.3 Å². The maximum absolute atomic E-state index is 4.30. The van der Waals surface area contributed by atoms with E-state index in [9.17, 15) is 0 Å². The molecule has 0 aromatic carbocycles.